The van der Waals surface area contributed by atoms with Crippen LogP contribution in [-0.2, 0) is 15.1 Å². The van der Waals surface area contributed by atoms with Crippen LogP contribution in [0, 0.1) is 16.7 Å². The summed E-state index contributed by atoms with van der Waals surface area (Å²) < 4.78 is 11.5. The third-order valence-electron chi connectivity index (χ3n) is 8.35. The molecule has 0 spiro atoms. The fourth-order valence-corrected chi connectivity index (χ4v) is 5.83. The fraction of sp³-hybridized carbons (Fsp3) is 0.600. The second-order valence-corrected chi connectivity index (χ2v) is 12.5. The van der Waals surface area contributed by atoms with Crippen LogP contribution in [0.4, 0.5) is 11.6 Å². The Morgan fingerprint density at radius 3 is 2.67 bits per heavy atom. The first-order valence-electron chi connectivity index (χ1n) is 15.0. The molecule has 13 heteroatoms. The molecule has 3 aromatic heterocycles. The van der Waals surface area contributed by atoms with Gasteiger partial charge in [-0.05, 0) is 77.5 Å². The zero-order valence-corrected chi connectivity index (χ0v) is 25.8. The molecule has 4 heterocycles. The predicted octanol–water partition coefficient (Wildman–Crippen LogP) is 4.70. The van der Waals surface area contributed by atoms with Gasteiger partial charge in [0.25, 0.3) is 0 Å². The van der Waals surface area contributed by atoms with Gasteiger partial charge in [0.1, 0.15) is 17.2 Å². The highest BCUT2D eigenvalue weighted by Gasteiger charge is 2.33. The number of H-pyrrole nitrogens is 1. The predicted molar refractivity (Wildman–Crippen MR) is 164 cm³/mol. The summed E-state index contributed by atoms with van der Waals surface area (Å²) in [7, 11) is 0. The molecule has 1 saturated carbocycles. The normalized spacial score (nSPS) is 21.1. The molecule has 1 saturated heterocycles. The largest absolute Gasteiger partial charge is 0.381 e. The molecule has 1 unspecified atom stereocenters. The Labute approximate surface area is 257 Å². The maximum Gasteiger partial charge on any atom is 0.205 e. The van der Waals surface area contributed by atoms with Crippen molar-refractivity contribution >= 4 is 23.2 Å². The van der Waals surface area contributed by atoms with Crippen molar-refractivity contribution < 1.29 is 9.47 Å². The Morgan fingerprint density at radius 1 is 1.19 bits per heavy atom. The van der Waals surface area contributed by atoms with Crippen molar-refractivity contribution in [2.75, 3.05) is 37.0 Å². The number of halogens is 1. The SMILES string of the molecule is CC(COC(C)(C)c1nn[nH]n1)NC1CCC(Nc2cc(-c3cccc(NCC4(C#N)CCOCC4)n3)c(Cl)cn2)CC1. The van der Waals surface area contributed by atoms with Crippen molar-refractivity contribution in [3.63, 3.8) is 0 Å². The van der Waals surface area contributed by atoms with Crippen LogP contribution < -0.4 is 16.0 Å². The van der Waals surface area contributed by atoms with E-state index < -0.39 is 11.0 Å². The molecular weight excluding hydrogens is 568 g/mol. The molecule has 0 bridgehead atoms. The number of nitriles is 1. The third-order valence-corrected chi connectivity index (χ3v) is 8.65. The monoisotopic (exact) mass is 608 g/mol. The summed E-state index contributed by atoms with van der Waals surface area (Å²) in [6.07, 6.45) is 7.29. The van der Waals surface area contributed by atoms with Gasteiger partial charge in [0, 0.05) is 49.6 Å². The summed E-state index contributed by atoms with van der Waals surface area (Å²) >= 11 is 6.58. The van der Waals surface area contributed by atoms with Gasteiger partial charge in [0.2, 0.25) is 5.82 Å². The minimum Gasteiger partial charge on any atom is -0.381 e. The number of tetrazole rings is 1. The lowest BCUT2D eigenvalue weighted by Gasteiger charge is -2.32. The maximum absolute atomic E-state index is 9.77. The molecule has 230 valence electrons. The number of ether oxygens (including phenoxy) is 2. The van der Waals surface area contributed by atoms with E-state index in [9.17, 15) is 5.26 Å². The smallest absolute Gasteiger partial charge is 0.205 e. The van der Waals surface area contributed by atoms with Crippen LogP contribution in [0.25, 0.3) is 11.3 Å². The lowest BCUT2D eigenvalue weighted by molar-refractivity contribution is -0.0379. The zero-order valence-electron chi connectivity index (χ0n) is 25.1. The summed E-state index contributed by atoms with van der Waals surface area (Å²) in [6, 6.07) is 11.2. The quantitative estimate of drug-likeness (QED) is 0.226. The van der Waals surface area contributed by atoms with Gasteiger partial charge in [-0.25, -0.2) is 9.97 Å². The minimum atomic E-state index is -0.604. The van der Waals surface area contributed by atoms with E-state index >= 15 is 0 Å². The molecule has 12 nitrogen and oxygen atoms in total. The van der Waals surface area contributed by atoms with Crippen molar-refractivity contribution in [2.45, 2.75) is 83.0 Å². The highest BCUT2D eigenvalue weighted by molar-refractivity contribution is 6.33. The van der Waals surface area contributed by atoms with Crippen molar-refractivity contribution in [2.24, 2.45) is 5.41 Å². The molecular formula is C30H41ClN10O2. The number of pyridine rings is 2. The number of hydrogen-bond acceptors (Lipinski definition) is 11. The molecule has 0 amide bonds. The molecule has 2 aliphatic rings. The molecule has 3 aromatic rings. The number of nitrogens with one attached hydrogen (secondary N) is 4. The Balaban J connectivity index is 1.12. The van der Waals surface area contributed by atoms with Crippen LogP contribution in [0.1, 0.15) is 65.1 Å². The molecule has 0 aromatic carbocycles. The molecule has 5 rings (SSSR count). The first-order valence-corrected chi connectivity index (χ1v) is 15.4. The van der Waals surface area contributed by atoms with Gasteiger partial charge in [-0.15, -0.1) is 10.2 Å². The van der Waals surface area contributed by atoms with Crippen LogP contribution in [-0.4, -0.2) is 75.1 Å². The van der Waals surface area contributed by atoms with E-state index in [1.165, 1.54) is 0 Å². The number of aromatic nitrogens is 6. The van der Waals surface area contributed by atoms with E-state index in [0.29, 0.717) is 68.0 Å². The molecule has 1 aliphatic carbocycles. The molecule has 0 radical (unpaired) electrons. The number of rotatable bonds is 12. The Hall–Kier alpha value is -3.37. The second kappa shape index (κ2) is 13.9. The summed E-state index contributed by atoms with van der Waals surface area (Å²) in [5.41, 5.74) is 0.531. The van der Waals surface area contributed by atoms with Crippen molar-refractivity contribution in [1.82, 2.24) is 35.9 Å². The average Bonchev–Trinajstić information content (AvgIpc) is 3.58. The molecule has 1 aliphatic heterocycles. The fourth-order valence-electron chi connectivity index (χ4n) is 5.63. The average molecular weight is 609 g/mol. The Morgan fingerprint density at radius 2 is 1.95 bits per heavy atom. The van der Waals surface area contributed by atoms with Gasteiger partial charge < -0.3 is 25.4 Å². The van der Waals surface area contributed by atoms with Gasteiger partial charge in [0.05, 0.1) is 28.8 Å². The van der Waals surface area contributed by atoms with Gasteiger partial charge >= 0.3 is 0 Å². The van der Waals surface area contributed by atoms with E-state index in [4.69, 9.17) is 26.1 Å². The number of nitrogens with zero attached hydrogens (tertiary/aromatic N) is 6. The Bertz CT molecular complexity index is 1370. The van der Waals surface area contributed by atoms with Gasteiger partial charge in [-0.1, -0.05) is 22.9 Å². The highest BCUT2D eigenvalue weighted by atomic mass is 35.5. The third kappa shape index (κ3) is 8.17. The summed E-state index contributed by atoms with van der Waals surface area (Å²) in [5, 5.41) is 35.2. The van der Waals surface area contributed by atoms with Crippen molar-refractivity contribution in [3.05, 3.63) is 41.3 Å². The maximum atomic E-state index is 9.77. The Kier molecular flexibility index (Phi) is 10.1. The van der Waals surface area contributed by atoms with Crippen LogP contribution in [0.5, 0.6) is 0 Å². The van der Waals surface area contributed by atoms with E-state index in [-0.39, 0.29) is 6.04 Å². The number of anilines is 2. The molecule has 1 atom stereocenters. The highest BCUT2D eigenvalue weighted by Crippen LogP contribution is 2.32. The van der Waals surface area contributed by atoms with Gasteiger partial charge in [-0.2, -0.15) is 10.5 Å². The van der Waals surface area contributed by atoms with Crippen LogP contribution in [0.15, 0.2) is 30.5 Å². The topological polar surface area (TPSA) is 159 Å². The van der Waals surface area contributed by atoms with E-state index in [2.05, 4.69) is 54.6 Å². The number of aromatic amines is 1. The lowest BCUT2D eigenvalue weighted by Crippen LogP contribution is -2.44. The van der Waals surface area contributed by atoms with Crippen LogP contribution in [0.2, 0.25) is 5.02 Å². The summed E-state index contributed by atoms with van der Waals surface area (Å²) in [6.45, 7) is 8.33. The van der Waals surface area contributed by atoms with Crippen LogP contribution in [0.3, 0.4) is 0 Å². The first-order chi connectivity index (χ1) is 20.7. The standard InChI is InChI=1S/C30H41ClN10O2/c1-20(17-43-29(2,3)28-38-40-41-39-28)35-21-7-9-22(10-8-21)36-27-15-23(24(31)16-33-27)25-5-4-6-26(37-25)34-19-30(18-32)11-13-42-14-12-30/h4-6,15-16,20-22,35H,7-14,17,19H2,1-3H3,(H,33,36)(H,34,37)(H,38,39,40,41). The van der Waals surface area contributed by atoms with Gasteiger partial charge in [-0.3, -0.25) is 0 Å². The zero-order chi connectivity index (χ0) is 30.3. The second-order valence-electron chi connectivity index (χ2n) is 12.1. The summed E-state index contributed by atoms with van der Waals surface area (Å²) in [4.78, 5) is 9.35. The number of hydrogen-bond donors (Lipinski definition) is 4. The van der Waals surface area contributed by atoms with Crippen molar-refractivity contribution in [1.29, 1.82) is 5.26 Å². The summed E-state index contributed by atoms with van der Waals surface area (Å²) in [5.74, 6) is 2.04. The van der Waals surface area contributed by atoms with E-state index in [1.54, 1.807) is 6.20 Å². The van der Waals surface area contributed by atoms with E-state index in [1.807, 2.05) is 38.1 Å². The molecule has 4 N–H and O–H groups in total. The molecule has 43 heavy (non-hydrogen) atoms. The first kappa shape index (κ1) is 31.1. The van der Waals surface area contributed by atoms with E-state index in [0.717, 1.165) is 42.8 Å². The van der Waals surface area contributed by atoms with Crippen molar-refractivity contribution in [3.8, 4) is 17.3 Å². The van der Waals surface area contributed by atoms with Gasteiger partial charge in [0.15, 0.2) is 0 Å². The molecule has 2 fully saturated rings. The lowest BCUT2D eigenvalue weighted by atomic mass is 9.82. The minimum absolute atomic E-state index is 0.195. The van der Waals surface area contributed by atoms with Crippen LogP contribution >= 0.6 is 11.6 Å².